The summed E-state index contributed by atoms with van der Waals surface area (Å²) in [6.07, 6.45) is 2.78. The van der Waals surface area contributed by atoms with Crippen LogP contribution in [0.15, 0.2) is 88.7 Å². The number of carbonyl (C=O) groups excluding carboxylic acids is 1. The Hall–Kier alpha value is -3.74. The number of rotatable bonds is 12. The van der Waals surface area contributed by atoms with E-state index in [0.29, 0.717) is 17.9 Å². The Labute approximate surface area is 266 Å². The first kappa shape index (κ1) is 32.6. The van der Waals surface area contributed by atoms with Crippen molar-refractivity contribution in [1.29, 1.82) is 5.26 Å². The predicted molar refractivity (Wildman–Crippen MR) is 172 cm³/mol. The maximum Gasteiger partial charge on any atom is 0.302 e. The Morgan fingerprint density at radius 2 is 1.62 bits per heavy atom. The van der Waals surface area contributed by atoms with Gasteiger partial charge in [0.25, 0.3) is 0 Å². The third-order valence-electron chi connectivity index (χ3n) is 9.37. The van der Waals surface area contributed by atoms with E-state index < -0.39 is 21.4 Å². The summed E-state index contributed by atoms with van der Waals surface area (Å²) in [6.45, 7) is 7.75. The number of hydrogen-bond donors (Lipinski definition) is 0. The minimum Gasteiger partial charge on any atom is -0.462 e. The quantitative estimate of drug-likeness (QED) is 0.214. The minimum absolute atomic E-state index is 0.0610. The minimum atomic E-state index is -3.54. The smallest absolute Gasteiger partial charge is 0.302 e. The zero-order valence-corrected chi connectivity index (χ0v) is 26.9. The number of nitrogens with zero attached hydrogens (tertiary/aromatic N) is 3. The molecular weight excluding hydrogens is 589 g/mol. The van der Waals surface area contributed by atoms with E-state index in [1.807, 2.05) is 19.1 Å². The number of piperidine rings is 1. The summed E-state index contributed by atoms with van der Waals surface area (Å²) in [4.78, 5) is 17.1. The molecule has 3 aromatic rings. The molecule has 0 N–H and O–H groups in total. The second-order valence-electron chi connectivity index (χ2n) is 12.4. The number of sulfone groups is 1. The number of halogens is 1. The number of hydrogen-bond acceptors (Lipinski definition) is 7. The van der Waals surface area contributed by atoms with Crippen molar-refractivity contribution in [3.63, 3.8) is 0 Å². The van der Waals surface area contributed by atoms with Gasteiger partial charge >= 0.3 is 5.97 Å². The van der Waals surface area contributed by atoms with Crippen molar-refractivity contribution < 1.29 is 22.3 Å². The van der Waals surface area contributed by atoms with Crippen molar-refractivity contribution in [2.45, 2.75) is 67.3 Å². The van der Waals surface area contributed by atoms with Gasteiger partial charge < -0.3 is 14.5 Å². The monoisotopic (exact) mass is 631 g/mol. The fraction of sp³-hybridized carbons (Fsp3) is 0.444. The Morgan fingerprint density at radius 3 is 2.22 bits per heavy atom. The number of anilines is 1. The SMILES string of the molecule is CCC[C@@H](CC(C#N)(c1ccccc1F)C1CCN(CC2CN(c3ccc(S(=O)(=O)c4ccccc4)cc3)C2)CC1)OC(C)=O. The topological polar surface area (TPSA) is 90.7 Å². The number of ether oxygens (including phenoxy) is 1. The second kappa shape index (κ2) is 14.1. The van der Waals surface area contributed by atoms with E-state index in [-0.39, 0.29) is 33.9 Å². The van der Waals surface area contributed by atoms with Gasteiger partial charge in [-0.3, -0.25) is 4.79 Å². The summed E-state index contributed by atoms with van der Waals surface area (Å²) >= 11 is 0. The lowest BCUT2D eigenvalue weighted by molar-refractivity contribution is -0.147. The Bertz CT molecular complexity index is 1600. The Kier molecular flexibility index (Phi) is 10.3. The molecule has 0 spiro atoms. The summed E-state index contributed by atoms with van der Waals surface area (Å²) in [7, 11) is -3.54. The summed E-state index contributed by atoms with van der Waals surface area (Å²) in [6, 6.07) is 24.7. The van der Waals surface area contributed by atoms with Gasteiger partial charge in [-0.25, -0.2) is 12.8 Å². The molecule has 2 saturated heterocycles. The maximum atomic E-state index is 15.3. The van der Waals surface area contributed by atoms with Crippen LogP contribution in [0.4, 0.5) is 10.1 Å². The van der Waals surface area contributed by atoms with Crippen LogP contribution in [0.25, 0.3) is 0 Å². The lowest BCUT2D eigenvalue weighted by atomic mass is 9.64. The number of nitriles is 1. The fourth-order valence-corrected chi connectivity index (χ4v) is 8.36. The standard InChI is InChI=1S/C36H42FN3O4S/c1-3-9-31(44-27(2)41)22-36(26-38,34-12-7-8-13-35(34)37)29-18-20-39(21-19-29)23-28-24-40(25-28)30-14-16-33(17-15-30)45(42,43)32-10-5-4-6-11-32/h4-8,10-17,28-29,31H,3,9,18-25H2,1-2H3/t31-,36?/m0/s1. The van der Waals surface area contributed by atoms with Gasteiger partial charge in [-0.2, -0.15) is 5.26 Å². The van der Waals surface area contributed by atoms with E-state index >= 15 is 4.39 Å². The molecule has 2 fully saturated rings. The van der Waals surface area contributed by atoms with E-state index in [1.54, 1.807) is 60.7 Å². The molecule has 0 aliphatic carbocycles. The normalized spacial score (nSPS) is 18.4. The van der Waals surface area contributed by atoms with Crippen LogP contribution in [-0.2, 0) is 24.8 Å². The second-order valence-corrected chi connectivity index (χ2v) is 14.4. The van der Waals surface area contributed by atoms with Crippen LogP contribution in [0.2, 0.25) is 0 Å². The van der Waals surface area contributed by atoms with Gasteiger partial charge in [0, 0.05) is 50.1 Å². The van der Waals surface area contributed by atoms with Gasteiger partial charge in [0.1, 0.15) is 11.9 Å². The van der Waals surface area contributed by atoms with Crippen LogP contribution in [0.1, 0.15) is 51.5 Å². The van der Waals surface area contributed by atoms with Crippen molar-refractivity contribution in [1.82, 2.24) is 4.90 Å². The molecule has 0 amide bonds. The van der Waals surface area contributed by atoms with Crippen LogP contribution in [0.5, 0.6) is 0 Å². The van der Waals surface area contributed by atoms with Crippen LogP contribution >= 0.6 is 0 Å². The molecule has 1 unspecified atom stereocenters. The first-order valence-electron chi connectivity index (χ1n) is 15.9. The van der Waals surface area contributed by atoms with Crippen molar-refractivity contribution in [2.75, 3.05) is 37.6 Å². The number of benzene rings is 3. The summed E-state index contributed by atoms with van der Waals surface area (Å²) < 4.78 is 46.7. The van der Waals surface area contributed by atoms with Crippen molar-refractivity contribution in [3.05, 3.63) is 90.2 Å². The summed E-state index contributed by atoms with van der Waals surface area (Å²) in [5.74, 6) is -0.347. The molecule has 238 valence electrons. The molecule has 2 aliphatic heterocycles. The average molecular weight is 632 g/mol. The molecule has 0 radical (unpaired) electrons. The molecule has 5 rings (SSSR count). The molecule has 9 heteroatoms. The van der Waals surface area contributed by atoms with E-state index in [4.69, 9.17) is 4.74 Å². The van der Waals surface area contributed by atoms with Gasteiger partial charge in [-0.05, 0) is 80.7 Å². The third kappa shape index (κ3) is 7.23. The molecule has 0 aromatic heterocycles. The van der Waals surface area contributed by atoms with Crippen LogP contribution < -0.4 is 4.90 Å². The predicted octanol–water partition coefficient (Wildman–Crippen LogP) is 6.39. The van der Waals surface area contributed by atoms with Crippen molar-refractivity contribution >= 4 is 21.5 Å². The zero-order chi connectivity index (χ0) is 32.0. The number of likely N-dealkylation sites (tertiary alicyclic amines) is 1. The third-order valence-corrected chi connectivity index (χ3v) is 11.2. The van der Waals surface area contributed by atoms with E-state index in [1.165, 1.54) is 13.0 Å². The highest BCUT2D eigenvalue weighted by atomic mass is 32.2. The van der Waals surface area contributed by atoms with Gasteiger partial charge in [-0.15, -0.1) is 0 Å². The maximum absolute atomic E-state index is 15.3. The van der Waals surface area contributed by atoms with Crippen molar-refractivity contribution in [3.8, 4) is 6.07 Å². The summed E-state index contributed by atoms with van der Waals surface area (Å²) in [5, 5.41) is 10.7. The van der Waals surface area contributed by atoms with E-state index in [9.17, 15) is 18.5 Å². The highest BCUT2D eigenvalue weighted by molar-refractivity contribution is 7.91. The lowest BCUT2D eigenvalue weighted by Gasteiger charge is -2.46. The molecule has 0 saturated carbocycles. The van der Waals surface area contributed by atoms with Crippen LogP contribution in [0, 0.1) is 29.0 Å². The largest absolute Gasteiger partial charge is 0.462 e. The van der Waals surface area contributed by atoms with Crippen LogP contribution in [0.3, 0.4) is 0 Å². The molecular formula is C36H42FN3O4S. The van der Waals surface area contributed by atoms with Gasteiger partial charge in [0.05, 0.1) is 21.3 Å². The first-order valence-corrected chi connectivity index (χ1v) is 17.4. The average Bonchev–Trinajstić information content (AvgIpc) is 3.02. The first-order chi connectivity index (χ1) is 21.7. The van der Waals surface area contributed by atoms with Crippen LogP contribution in [-0.4, -0.2) is 58.1 Å². The Balaban J connectivity index is 1.19. The van der Waals surface area contributed by atoms with Gasteiger partial charge in [0.15, 0.2) is 0 Å². The highest BCUT2D eigenvalue weighted by Gasteiger charge is 2.46. The molecule has 45 heavy (non-hydrogen) atoms. The molecule has 2 atom stereocenters. The highest BCUT2D eigenvalue weighted by Crippen LogP contribution is 2.44. The number of carbonyl (C=O) groups is 1. The molecule has 0 bridgehead atoms. The Morgan fingerprint density at radius 1 is 1.00 bits per heavy atom. The van der Waals surface area contributed by atoms with Gasteiger partial charge in [0.2, 0.25) is 9.84 Å². The lowest BCUT2D eigenvalue weighted by Crippen LogP contribution is -2.53. The number of esters is 1. The zero-order valence-electron chi connectivity index (χ0n) is 26.1. The molecule has 3 aromatic carbocycles. The van der Waals surface area contributed by atoms with Crippen molar-refractivity contribution in [2.24, 2.45) is 11.8 Å². The summed E-state index contributed by atoms with van der Waals surface area (Å²) in [5.41, 5.74) is 0.326. The van der Waals surface area contributed by atoms with E-state index in [0.717, 1.165) is 57.7 Å². The van der Waals surface area contributed by atoms with Gasteiger partial charge in [-0.1, -0.05) is 49.7 Å². The van der Waals surface area contributed by atoms with E-state index in [2.05, 4.69) is 15.9 Å². The fourth-order valence-electron chi connectivity index (χ4n) is 7.08. The molecule has 7 nitrogen and oxygen atoms in total. The molecule has 2 heterocycles. The molecule has 2 aliphatic rings.